The minimum absolute atomic E-state index is 0.0347. The van der Waals surface area contributed by atoms with E-state index < -0.39 is 0 Å². The summed E-state index contributed by atoms with van der Waals surface area (Å²) in [5.74, 6) is -0.117. The molecular weight excluding hydrogens is 242 g/mol. The molecule has 98 valence electrons. The summed E-state index contributed by atoms with van der Waals surface area (Å²) < 4.78 is 1.61. The molecule has 6 heteroatoms. The second-order valence-electron chi connectivity index (χ2n) is 4.46. The topological polar surface area (TPSA) is 74.3 Å². The fourth-order valence-corrected chi connectivity index (χ4v) is 1.92. The SMILES string of the molecule is CC(C)N(CCC#N)C(=O)c1cnn2ccncc12. The van der Waals surface area contributed by atoms with E-state index >= 15 is 0 Å². The van der Waals surface area contributed by atoms with E-state index in [-0.39, 0.29) is 11.9 Å². The fraction of sp³-hybridized carbons (Fsp3) is 0.385. The van der Waals surface area contributed by atoms with Gasteiger partial charge in [-0.2, -0.15) is 10.4 Å². The van der Waals surface area contributed by atoms with Gasteiger partial charge in [-0.1, -0.05) is 0 Å². The summed E-state index contributed by atoms with van der Waals surface area (Å²) in [7, 11) is 0. The van der Waals surface area contributed by atoms with Gasteiger partial charge in [-0.25, -0.2) is 4.52 Å². The molecule has 0 aliphatic rings. The number of rotatable bonds is 4. The highest BCUT2D eigenvalue weighted by Gasteiger charge is 2.21. The molecule has 0 fully saturated rings. The summed E-state index contributed by atoms with van der Waals surface area (Å²) in [6.45, 7) is 4.28. The Morgan fingerprint density at radius 3 is 3.00 bits per heavy atom. The molecule has 0 bridgehead atoms. The maximum Gasteiger partial charge on any atom is 0.258 e. The number of carbonyl (C=O) groups is 1. The first-order valence-electron chi connectivity index (χ1n) is 6.10. The maximum absolute atomic E-state index is 12.5. The zero-order valence-electron chi connectivity index (χ0n) is 10.9. The molecule has 2 aromatic rings. The van der Waals surface area contributed by atoms with Crippen molar-refractivity contribution in [2.75, 3.05) is 6.54 Å². The van der Waals surface area contributed by atoms with E-state index in [1.165, 1.54) is 0 Å². The predicted molar refractivity (Wildman–Crippen MR) is 69.4 cm³/mol. The van der Waals surface area contributed by atoms with Crippen molar-refractivity contribution in [1.82, 2.24) is 19.5 Å². The van der Waals surface area contributed by atoms with Crippen LogP contribution in [0.4, 0.5) is 0 Å². The van der Waals surface area contributed by atoms with E-state index in [0.29, 0.717) is 24.0 Å². The van der Waals surface area contributed by atoms with Gasteiger partial charge < -0.3 is 4.90 Å². The van der Waals surface area contributed by atoms with Gasteiger partial charge in [0.2, 0.25) is 0 Å². The highest BCUT2D eigenvalue weighted by atomic mass is 16.2. The van der Waals surface area contributed by atoms with Crippen molar-refractivity contribution in [2.24, 2.45) is 0 Å². The summed E-state index contributed by atoms with van der Waals surface area (Å²) in [4.78, 5) is 18.2. The Labute approximate surface area is 111 Å². The first kappa shape index (κ1) is 13.0. The number of nitrogens with zero attached hydrogens (tertiary/aromatic N) is 5. The normalized spacial score (nSPS) is 10.6. The average Bonchev–Trinajstić information content (AvgIpc) is 2.82. The van der Waals surface area contributed by atoms with Crippen LogP contribution in [-0.4, -0.2) is 38.0 Å². The predicted octanol–water partition coefficient (Wildman–Crippen LogP) is 1.49. The van der Waals surface area contributed by atoms with Gasteiger partial charge in [0.05, 0.1) is 36.0 Å². The third-order valence-corrected chi connectivity index (χ3v) is 2.90. The molecule has 2 rings (SSSR count). The average molecular weight is 257 g/mol. The van der Waals surface area contributed by atoms with Crippen LogP contribution in [0.5, 0.6) is 0 Å². The van der Waals surface area contributed by atoms with Gasteiger partial charge in [0.25, 0.3) is 5.91 Å². The number of amides is 1. The third kappa shape index (κ3) is 2.55. The lowest BCUT2D eigenvalue weighted by Gasteiger charge is -2.25. The van der Waals surface area contributed by atoms with E-state index in [4.69, 9.17) is 5.26 Å². The van der Waals surface area contributed by atoms with Crippen LogP contribution in [0.15, 0.2) is 24.8 Å². The van der Waals surface area contributed by atoms with E-state index in [0.717, 1.165) is 0 Å². The summed E-state index contributed by atoms with van der Waals surface area (Å²) >= 11 is 0. The molecule has 0 atom stereocenters. The molecule has 0 aromatic carbocycles. The van der Waals surface area contributed by atoms with Crippen LogP contribution in [-0.2, 0) is 0 Å². The van der Waals surface area contributed by atoms with Crippen molar-refractivity contribution < 1.29 is 4.79 Å². The van der Waals surface area contributed by atoms with Crippen LogP contribution in [0, 0.1) is 11.3 Å². The van der Waals surface area contributed by atoms with Crippen molar-refractivity contribution in [2.45, 2.75) is 26.3 Å². The number of hydrogen-bond donors (Lipinski definition) is 0. The molecular formula is C13H15N5O. The maximum atomic E-state index is 12.5. The molecule has 6 nitrogen and oxygen atoms in total. The molecule has 0 radical (unpaired) electrons. The molecule has 0 unspecified atom stereocenters. The second-order valence-corrected chi connectivity index (χ2v) is 4.46. The van der Waals surface area contributed by atoms with Crippen LogP contribution in [0.1, 0.15) is 30.6 Å². The van der Waals surface area contributed by atoms with Gasteiger partial charge in [0.1, 0.15) is 0 Å². The monoisotopic (exact) mass is 257 g/mol. The van der Waals surface area contributed by atoms with Crippen molar-refractivity contribution in [3.63, 3.8) is 0 Å². The number of fused-ring (bicyclic) bond motifs is 1. The van der Waals surface area contributed by atoms with E-state index in [2.05, 4.69) is 16.2 Å². The molecule has 0 aliphatic carbocycles. The standard InChI is InChI=1S/C13H15N5O/c1-10(2)17(6-3-4-14)13(19)11-8-16-18-7-5-15-9-12(11)18/h5,7-10H,3,6H2,1-2H3. The lowest BCUT2D eigenvalue weighted by atomic mass is 10.2. The van der Waals surface area contributed by atoms with Crippen LogP contribution in [0.25, 0.3) is 5.52 Å². The van der Waals surface area contributed by atoms with Crippen molar-refractivity contribution in [3.8, 4) is 6.07 Å². The zero-order valence-corrected chi connectivity index (χ0v) is 10.9. The first-order chi connectivity index (χ1) is 9.15. The molecule has 19 heavy (non-hydrogen) atoms. The summed E-state index contributed by atoms with van der Waals surface area (Å²) in [5.41, 5.74) is 1.19. The van der Waals surface area contributed by atoms with E-state index in [9.17, 15) is 4.79 Å². The Balaban J connectivity index is 2.34. The summed E-state index contributed by atoms with van der Waals surface area (Å²) in [6, 6.07) is 2.10. The number of hydrogen-bond acceptors (Lipinski definition) is 4. The van der Waals surface area contributed by atoms with Crippen LogP contribution < -0.4 is 0 Å². The van der Waals surface area contributed by atoms with Crippen LogP contribution in [0.3, 0.4) is 0 Å². The smallest absolute Gasteiger partial charge is 0.258 e. The molecule has 2 aromatic heterocycles. The van der Waals surface area contributed by atoms with Gasteiger partial charge >= 0.3 is 0 Å². The number of aromatic nitrogens is 3. The molecule has 0 N–H and O–H groups in total. The Kier molecular flexibility index (Phi) is 3.76. The van der Waals surface area contributed by atoms with Crippen molar-refractivity contribution in [1.29, 1.82) is 5.26 Å². The van der Waals surface area contributed by atoms with Crippen LogP contribution >= 0.6 is 0 Å². The number of nitriles is 1. The third-order valence-electron chi connectivity index (χ3n) is 2.90. The van der Waals surface area contributed by atoms with Crippen LogP contribution in [0.2, 0.25) is 0 Å². The Bertz CT molecular complexity index is 625. The van der Waals surface area contributed by atoms with Crippen molar-refractivity contribution in [3.05, 3.63) is 30.4 Å². The fourth-order valence-electron chi connectivity index (χ4n) is 1.92. The summed E-state index contributed by atoms with van der Waals surface area (Å²) in [5, 5.41) is 12.8. The van der Waals surface area contributed by atoms with Gasteiger partial charge in [-0.3, -0.25) is 9.78 Å². The van der Waals surface area contributed by atoms with Gasteiger partial charge in [0.15, 0.2) is 0 Å². The first-order valence-corrected chi connectivity index (χ1v) is 6.10. The molecule has 0 saturated heterocycles. The second kappa shape index (κ2) is 5.48. The molecule has 0 spiro atoms. The number of carbonyl (C=O) groups excluding carboxylic acids is 1. The molecule has 0 saturated carbocycles. The van der Waals surface area contributed by atoms with Gasteiger partial charge in [0, 0.05) is 25.0 Å². The minimum Gasteiger partial charge on any atom is -0.335 e. The molecule has 2 heterocycles. The van der Waals surface area contributed by atoms with Gasteiger partial charge in [-0.15, -0.1) is 0 Å². The minimum atomic E-state index is -0.117. The zero-order chi connectivity index (χ0) is 13.8. The van der Waals surface area contributed by atoms with E-state index in [1.807, 2.05) is 13.8 Å². The Morgan fingerprint density at radius 1 is 1.53 bits per heavy atom. The lowest BCUT2D eigenvalue weighted by molar-refractivity contribution is 0.0712. The Morgan fingerprint density at radius 2 is 2.32 bits per heavy atom. The quantitative estimate of drug-likeness (QED) is 0.831. The van der Waals surface area contributed by atoms with Crippen molar-refractivity contribution >= 4 is 11.4 Å². The largest absolute Gasteiger partial charge is 0.335 e. The lowest BCUT2D eigenvalue weighted by Crippen LogP contribution is -2.37. The van der Waals surface area contributed by atoms with Gasteiger partial charge in [-0.05, 0) is 13.8 Å². The molecule has 1 amide bonds. The van der Waals surface area contributed by atoms with E-state index in [1.54, 1.807) is 34.2 Å². The Hall–Kier alpha value is -2.42. The highest BCUT2D eigenvalue weighted by molar-refractivity contribution is 6.00. The highest BCUT2D eigenvalue weighted by Crippen LogP contribution is 2.14. The molecule has 0 aliphatic heterocycles. The summed E-state index contributed by atoms with van der Waals surface area (Å²) in [6.07, 6.45) is 6.79.